The van der Waals surface area contributed by atoms with Crippen LogP contribution in [-0.2, 0) is 17.9 Å². The van der Waals surface area contributed by atoms with Gasteiger partial charge in [0.2, 0.25) is 6.79 Å². The topological polar surface area (TPSA) is 60.9 Å². The van der Waals surface area contributed by atoms with Crippen LogP contribution < -0.4 is 14.4 Å². The van der Waals surface area contributed by atoms with Crippen molar-refractivity contribution in [2.75, 3.05) is 18.8 Å². The number of amides is 1. The van der Waals surface area contributed by atoms with Crippen molar-refractivity contribution in [3.63, 3.8) is 0 Å². The van der Waals surface area contributed by atoms with Gasteiger partial charge in [0.05, 0.1) is 13.2 Å². The predicted molar refractivity (Wildman–Crippen MR) is 104 cm³/mol. The third-order valence-corrected chi connectivity index (χ3v) is 4.51. The first-order chi connectivity index (χ1) is 13.7. The van der Waals surface area contributed by atoms with Gasteiger partial charge in [-0.05, 0) is 47.5 Å². The number of fused-ring (bicyclic) bond motifs is 1. The molecular formula is C22H20N2O4. The highest BCUT2D eigenvalue weighted by atomic mass is 16.7. The lowest BCUT2D eigenvalue weighted by atomic mass is 10.1. The zero-order chi connectivity index (χ0) is 19.3. The Morgan fingerprint density at radius 2 is 1.75 bits per heavy atom. The molecule has 0 N–H and O–H groups in total. The predicted octanol–water partition coefficient (Wildman–Crippen LogP) is 3.80. The molecule has 6 nitrogen and oxygen atoms in total. The third-order valence-electron chi connectivity index (χ3n) is 4.51. The number of anilines is 1. The Morgan fingerprint density at radius 1 is 1.00 bits per heavy atom. The molecule has 1 aliphatic heterocycles. The summed E-state index contributed by atoms with van der Waals surface area (Å²) in [6, 6.07) is 16.8. The fraction of sp³-hybridized carbons (Fsp3) is 0.182. The quantitative estimate of drug-likeness (QED) is 0.655. The molecular weight excluding hydrogens is 356 g/mol. The molecule has 0 unspecified atom stereocenters. The maximum atomic E-state index is 13.3. The van der Waals surface area contributed by atoms with Crippen molar-refractivity contribution in [1.29, 1.82) is 0 Å². The molecule has 1 aromatic heterocycles. The van der Waals surface area contributed by atoms with E-state index in [4.69, 9.17) is 14.2 Å². The Labute approximate surface area is 163 Å². The summed E-state index contributed by atoms with van der Waals surface area (Å²) in [6.45, 7) is 1.12. The van der Waals surface area contributed by atoms with E-state index in [2.05, 4.69) is 4.98 Å². The van der Waals surface area contributed by atoms with E-state index in [0.29, 0.717) is 30.2 Å². The smallest absolute Gasteiger partial charge is 0.258 e. The van der Waals surface area contributed by atoms with Gasteiger partial charge in [0.1, 0.15) is 0 Å². The number of benzene rings is 2. The highest BCUT2D eigenvalue weighted by Gasteiger charge is 2.22. The number of hydrogen-bond acceptors (Lipinski definition) is 5. The first-order valence-electron chi connectivity index (χ1n) is 8.93. The Balaban J connectivity index is 1.66. The van der Waals surface area contributed by atoms with E-state index < -0.39 is 0 Å². The highest BCUT2D eigenvalue weighted by Crippen LogP contribution is 2.36. The number of methoxy groups -OCH3 is 1. The number of carbonyl (C=O) groups is 1. The van der Waals surface area contributed by atoms with E-state index in [9.17, 15) is 4.79 Å². The molecule has 0 radical (unpaired) electrons. The van der Waals surface area contributed by atoms with Gasteiger partial charge >= 0.3 is 0 Å². The molecule has 0 spiro atoms. The molecule has 6 heteroatoms. The van der Waals surface area contributed by atoms with E-state index in [-0.39, 0.29) is 12.7 Å². The van der Waals surface area contributed by atoms with Gasteiger partial charge in [-0.1, -0.05) is 12.1 Å². The summed E-state index contributed by atoms with van der Waals surface area (Å²) in [5, 5.41) is 0. The Kier molecular flexibility index (Phi) is 5.21. The average Bonchev–Trinajstić information content (AvgIpc) is 3.21. The van der Waals surface area contributed by atoms with Crippen molar-refractivity contribution in [2.45, 2.75) is 13.2 Å². The van der Waals surface area contributed by atoms with Crippen LogP contribution in [0, 0.1) is 0 Å². The average molecular weight is 376 g/mol. The van der Waals surface area contributed by atoms with Crippen molar-refractivity contribution in [1.82, 2.24) is 4.98 Å². The Morgan fingerprint density at radius 3 is 2.50 bits per heavy atom. The molecule has 28 heavy (non-hydrogen) atoms. The fourth-order valence-corrected chi connectivity index (χ4v) is 3.07. The molecule has 1 amide bonds. The molecule has 2 heterocycles. The van der Waals surface area contributed by atoms with E-state index in [0.717, 1.165) is 16.8 Å². The molecule has 0 saturated heterocycles. The maximum Gasteiger partial charge on any atom is 0.258 e. The van der Waals surface area contributed by atoms with Gasteiger partial charge < -0.3 is 19.1 Å². The Bertz CT molecular complexity index is 958. The van der Waals surface area contributed by atoms with Gasteiger partial charge in [0, 0.05) is 36.8 Å². The number of ether oxygens (including phenoxy) is 3. The number of nitrogens with zero attached hydrogens (tertiary/aromatic N) is 2. The van der Waals surface area contributed by atoms with Crippen LogP contribution in [0.4, 0.5) is 5.69 Å². The van der Waals surface area contributed by atoms with Crippen molar-refractivity contribution < 1.29 is 19.0 Å². The van der Waals surface area contributed by atoms with E-state index in [1.165, 1.54) is 0 Å². The van der Waals surface area contributed by atoms with Crippen LogP contribution in [0.3, 0.4) is 0 Å². The molecule has 3 aromatic rings. The number of hydrogen-bond donors (Lipinski definition) is 0. The van der Waals surface area contributed by atoms with Gasteiger partial charge in [-0.25, -0.2) is 0 Å². The summed E-state index contributed by atoms with van der Waals surface area (Å²) in [7, 11) is 1.65. The van der Waals surface area contributed by atoms with Crippen LogP contribution in [0.1, 0.15) is 21.5 Å². The minimum atomic E-state index is -0.0976. The van der Waals surface area contributed by atoms with Crippen molar-refractivity contribution in [3.8, 4) is 11.5 Å². The number of aromatic nitrogens is 1. The van der Waals surface area contributed by atoms with Crippen LogP contribution in [0.2, 0.25) is 0 Å². The first kappa shape index (κ1) is 18.0. The SMILES string of the molecule is COCc1ccc(C(=O)N(Cc2ccncc2)c2ccc3c(c2)OCO3)cc1. The number of rotatable bonds is 6. The lowest BCUT2D eigenvalue weighted by Crippen LogP contribution is -2.30. The fourth-order valence-electron chi connectivity index (χ4n) is 3.07. The third kappa shape index (κ3) is 3.82. The Hall–Kier alpha value is -3.38. The van der Waals surface area contributed by atoms with Gasteiger partial charge in [-0.15, -0.1) is 0 Å². The van der Waals surface area contributed by atoms with Crippen LogP contribution in [0.25, 0.3) is 0 Å². The van der Waals surface area contributed by atoms with Crippen molar-refractivity contribution in [2.24, 2.45) is 0 Å². The number of carbonyl (C=O) groups excluding carboxylic acids is 1. The van der Waals surface area contributed by atoms with Crippen LogP contribution in [0.15, 0.2) is 67.0 Å². The summed E-state index contributed by atoms with van der Waals surface area (Å²) in [6.07, 6.45) is 3.44. The second kappa shape index (κ2) is 8.10. The second-order valence-corrected chi connectivity index (χ2v) is 6.41. The van der Waals surface area contributed by atoms with Gasteiger partial charge in [0.15, 0.2) is 11.5 Å². The molecule has 2 aromatic carbocycles. The summed E-state index contributed by atoms with van der Waals surface area (Å²) >= 11 is 0. The summed E-state index contributed by atoms with van der Waals surface area (Å²) < 4.78 is 16.0. The van der Waals surface area contributed by atoms with E-state index in [1.807, 2.05) is 54.6 Å². The normalized spacial score (nSPS) is 12.0. The molecule has 0 saturated carbocycles. The summed E-state index contributed by atoms with van der Waals surface area (Å²) in [5.41, 5.74) is 3.35. The summed E-state index contributed by atoms with van der Waals surface area (Å²) in [4.78, 5) is 19.1. The first-order valence-corrected chi connectivity index (χ1v) is 8.93. The van der Waals surface area contributed by atoms with Crippen molar-refractivity contribution in [3.05, 3.63) is 83.7 Å². The van der Waals surface area contributed by atoms with E-state index in [1.54, 1.807) is 24.4 Å². The van der Waals surface area contributed by atoms with Crippen molar-refractivity contribution >= 4 is 11.6 Å². The van der Waals surface area contributed by atoms with Gasteiger partial charge in [-0.3, -0.25) is 9.78 Å². The molecule has 4 rings (SSSR count). The lowest BCUT2D eigenvalue weighted by molar-refractivity contribution is 0.0985. The van der Waals surface area contributed by atoms with Gasteiger partial charge in [0.25, 0.3) is 5.91 Å². The summed E-state index contributed by atoms with van der Waals surface area (Å²) in [5.74, 6) is 1.23. The van der Waals surface area contributed by atoms with Crippen LogP contribution in [-0.4, -0.2) is 24.8 Å². The zero-order valence-corrected chi connectivity index (χ0v) is 15.5. The lowest BCUT2D eigenvalue weighted by Gasteiger charge is -2.23. The minimum absolute atomic E-state index is 0.0976. The molecule has 1 aliphatic rings. The molecule has 0 fully saturated rings. The number of pyridine rings is 1. The van der Waals surface area contributed by atoms with Crippen LogP contribution >= 0.6 is 0 Å². The second-order valence-electron chi connectivity index (χ2n) is 6.41. The molecule has 0 aliphatic carbocycles. The molecule has 142 valence electrons. The highest BCUT2D eigenvalue weighted by molar-refractivity contribution is 6.06. The largest absolute Gasteiger partial charge is 0.454 e. The molecule has 0 atom stereocenters. The monoisotopic (exact) mass is 376 g/mol. The maximum absolute atomic E-state index is 13.3. The zero-order valence-electron chi connectivity index (χ0n) is 15.5. The van der Waals surface area contributed by atoms with Crippen LogP contribution in [0.5, 0.6) is 11.5 Å². The van der Waals surface area contributed by atoms with Gasteiger partial charge in [-0.2, -0.15) is 0 Å². The van der Waals surface area contributed by atoms with E-state index >= 15 is 0 Å². The standard InChI is InChI=1S/C22H20N2O4/c1-26-14-17-2-4-18(5-3-17)22(25)24(13-16-8-10-23-11-9-16)19-6-7-20-21(12-19)28-15-27-20/h2-12H,13-15H2,1H3. The molecule has 0 bridgehead atoms. The minimum Gasteiger partial charge on any atom is -0.454 e.